The van der Waals surface area contributed by atoms with Crippen LogP contribution < -0.4 is 0 Å². The largest absolute Gasteiger partial charge is 0.465 e. The van der Waals surface area contributed by atoms with E-state index in [0.717, 1.165) is 16.5 Å². The second kappa shape index (κ2) is 9.67. The number of benzene rings is 2. The highest BCUT2D eigenvalue weighted by Gasteiger charge is 2.20. The van der Waals surface area contributed by atoms with Crippen molar-refractivity contribution in [3.8, 4) is 11.3 Å². The summed E-state index contributed by atoms with van der Waals surface area (Å²) in [6, 6.07) is 14.5. The van der Waals surface area contributed by atoms with Crippen molar-refractivity contribution in [2.75, 3.05) is 7.11 Å². The Morgan fingerprint density at radius 2 is 1.72 bits per heavy atom. The highest BCUT2D eigenvalue weighted by Crippen LogP contribution is 2.34. The van der Waals surface area contributed by atoms with E-state index in [4.69, 9.17) is 32.7 Å². The van der Waals surface area contributed by atoms with Gasteiger partial charge in [0.25, 0.3) is 0 Å². The molecule has 6 nitrogen and oxygen atoms in total. The Morgan fingerprint density at radius 1 is 1.03 bits per heavy atom. The minimum absolute atomic E-state index is 0.0477. The number of ether oxygens (including phenoxy) is 2. The van der Waals surface area contributed by atoms with Crippen molar-refractivity contribution in [2.24, 2.45) is 4.99 Å². The van der Waals surface area contributed by atoms with E-state index in [-0.39, 0.29) is 12.1 Å². The number of carbonyl (C=O) groups excluding carboxylic acids is 2. The number of carbonyl (C=O) groups is 2. The van der Waals surface area contributed by atoms with Crippen LogP contribution in [0.25, 0.3) is 22.2 Å². The van der Waals surface area contributed by atoms with Crippen LogP contribution in [0.2, 0.25) is 10.0 Å². The topological polar surface area (TPSA) is 77.9 Å². The Bertz CT molecular complexity index is 1200. The highest BCUT2D eigenvalue weighted by atomic mass is 35.5. The van der Waals surface area contributed by atoms with Gasteiger partial charge in [-0.2, -0.15) is 4.99 Å². The van der Waals surface area contributed by atoms with E-state index in [1.807, 2.05) is 24.3 Å². The lowest BCUT2D eigenvalue weighted by Gasteiger charge is -2.17. The quantitative estimate of drug-likeness (QED) is 0.328. The number of pyridine rings is 1. The summed E-state index contributed by atoms with van der Waals surface area (Å²) in [4.78, 5) is 32.7. The molecule has 0 radical (unpaired) electrons. The predicted molar refractivity (Wildman–Crippen MR) is 127 cm³/mol. The second-order valence-corrected chi connectivity index (χ2v) is 8.84. The Labute approximate surface area is 196 Å². The van der Waals surface area contributed by atoms with E-state index in [0.29, 0.717) is 21.3 Å². The van der Waals surface area contributed by atoms with E-state index < -0.39 is 17.7 Å². The van der Waals surface area contributed by atoms with Crippen molar-refractivity contribution in [3.63, 3.8) is 0 Å². The van der Waals surface area contributed by atoms with E-state index in [1.165, 1.54) is 7.11 Å². The monoisotopic (exact) mass is 472 g/mol. The molecular formula is C24H22Cl2N2O4. The Hall–Kier alpha value is -2.96. The van der Waals surface area contributed by atoms with Gasteiger partial charge in [0, 0.05) is 17.4 Å². The summed E-state index contributed by atoms with van der Waals surface area (Å²) >= 11 is 12.6. The molecule has 2 aromatic carbocycles. The molecule has 0 aliphatic heterocycles. The van der Waals surface area contributed by atoms with Gasteiger partial charge >= 0.3 is 12.1 Å². The van der Waals surface area contributed by atoms with Gasteiger partial charge in [-0.3, -0.25) is 0 Å². The van der Waals surface area contributed by atoms with Gasteiger partial charge in [-0.25, -0.2) is 14.6 Å². The number of esters is 1. The summed E-state index contributed by atoms with van der Waals surface area (Å²) in [6.45, 7) is 5.16. The van der Waals surface area contributed by atoms with Gasteiger partial charge in [-0.05, 0) is 56.7 Å². The van der Waals surface area contributed by atoms with Crippen LogP contribution in [0.15, 0.2) is 53.5 Å². The zero-order valence-electron chi connectivity index (χ0n) is 18.1. The number of fused-ring (bicyclic) bond motifs is 1. The molecule has 3 rings (SSSR count). The number of hydrogen-bond donors (Lipinski definition) is 0. The molecule has 0 aliphatic rings. The standard InChI is InChI=1S/C24H22Cl2N2O4/c1-24(2,3)32-23(30)28-20(22(29)31-4)13-14-8-10-18-15(12-14)9-11-19(27-18)21-16(25)6-5-7-17(21)26/h5-12H,13H2,1-4H3. The van der Waals surface area contributed by atoms with Crippen LogP contribution >= 0.6 is 23.2 Å². The number of halogens is 2. The fourth-order valence-electron chi connectivity index (χ4n) is 3.03. The molecule has 0 atom stereocenters. The van der Waals surface area contributed by atoms with E-state index in [2.05, 4.69) is 9.98 Å². The molecule has 0 saturated heterocycles. The first-order valence-corrected chi connectivity index (χ1v) is 10.6. The van der Waals surface area contributed by atoms with Crippen LogP contribution in [0.4, 0.5) is 4.79 Å². The summed E-state index contributed by atoms with van der Waals surface area (Å²) in [5, 5.41) is 1.87. The van der Waals surface area contributed by atoms with Crippen molar-refractivity contribution in [1.82, 2.24) is 4.98 Å². The average molecular weight is 473 g/mol. The summed E-state index contributed by atoms with van der Waals surface area (Å²) in [7, 11) is 1.23. The van der Waals surface area contributed by atoms with Gasteiger partial charge in [0.15, 0.2) is 0 Å². The lowest BCUT2D eigenvalue weighted by molar-refractivity contribution is -0.132. The van der Waals surface area contributed by atoms with Crippen LogP contribution in [0.5, 0.6) is 0 Å². The zero-order chi connectivity index (χ0) is 23.5. The number of hydrogen-bond acceptors (Lipinski definition) is 5. The van der Waals surface area contributed by atoms with Crippen molar-refractivity contribution in [3.05, 3.63) is 64.1 Å². The first-order chi connectivity index (χ1) is 15.1. The molecule has 0 bridgehead atoms. The third-order valence-electron chi connectivity index (χ3n) is 4.38. The second-order valence-electron chi connectivity index (χ2n) is 8.03. The Morgan fingerprint density at radius 3 is 2.34 bits per heavy atom. The zero-order valence-corrected chi connectivity index (χ0v) is 19.6. The van der Waals surface area contributed by atoms with Crippen LogP contribution in [0.1, 0.15) is 26.3 Å². The number of methoxy groups -OCH3 is 1. The van der Waals surface area contributed by atoms with Gasteiger partial charge in [-0.15, -0.1) is 0 Å². The molecule has 0 saturated carbocycles. The molecular weight excluding hydrogens is 451 g/mol. The molecule has 0 spiro atoms. The maximum absolute atomic E-state index is 12.1. The molecule has 0 N–H and O–H groups in total. The highest BCUT2D eigenvalue weighted by molar-refractivity contribution is 6.39. The fourth-order valence-corrected chi connectivity index (χ4v) is 3.62. The molecule has 3 aromatic rings. The minimum Gasteiger partial charge on any atom is -0.465 e. The van der Waals surface area contributed by atoms with Crippen LogP contribution in [-0.4, -0.2) is 35.5 Å². The maximum Gasteiger partial charge on any atom is 0.434 e. The third-order valence-corrected chi connectivity index (χ3v) is 5.01. The number of rotatable bonds is 4. The third kappa shape index (κ3) is 5.84. The average Bonchev–Trinajstić information content (AvgIpc) is 2.71. The first kappa shape index (κ1) is 23.7. The minimum atomic E-state index is -0.846. The first-order valence-electron chi connectivity index (χ1n) is 9.80. The molecule has 0 unspecified atom stereocenters. The molecule has 1 aromatic heterocycles. The summed E-state index contributed by atoms with van der Waals surface area (Å²) in [5.74, 6) is -0.696. The van der Waals surface area contributed by atoms with Crippen molar-refractivity contribution in [1.29, 1.82) is 0 Å². The van der Waals surface area contributed by atoms with Crippen molar-refractivity contribution >= 4 is 51.9 Å². The number of aromatic nitrogens is 1. The van der Waals surface area contributed by atoms with E-state index in [9.17, 15) is 9.59 Å². The SMILES string of the molecule is COC(=O)C(Cc1ccc2nc(-c3c(Cl)cccc3Cl)ccc2c1)=NC(=O)OC(C)(C)C. The summed E-state index contributed by atoms with van der Waals surface area (Å²) in [6.07, 6.45) is -0.749. The molecule has 1 amide bonds. The predicted octanol–water partition coefficient (Wildman–Crippen LogP) is 6.30. The van der Waals surface area contributed by atoms with Crippen molar-refractivity contribution in [2.45, 2.75) is 32.8 Å². The van der Waals surface area contributed by atoms with E-state index in [1.54, 1.807) is 45.0 Å². The van der Waals surface area contributed by atoms with Crippen LogP contribution in [-0.2, 0) is 20.7 Å². The number of nitrogens with zero attached hydrogens (tertiary/aromatic N) is 2. The van der Waals surface area contributed by atoms with Gasteiger partial charge in [-0.1, -0.05) is 41.4 Å². The summed E-state index contributed by atoms with van der Waals surface area (Å²) in [5.41, 5.74) is 2.04. The van der Waals surface area contributed by atoms with Crippen LogP contribution in [0, 0.1) is 0 Å². The molecule has 0 fully saturated rings. The van der Waals surface area contributed by atoms with E-state index >= 15 is 0 Å². The number of aliphatic imine (C=N–C) groups is 1. The molecule has 166 valence electrons. The van der Waals surface area contributed by atoms with Crippen molar-refractivity contribution < 1.29 is 19.1 Å². The Kier molecular flexibility index (Phi) is 7.16. The lowest BCUT2D eigenvalue weighted by atomic mass is 10.0. The van der Waals surface area contributed by atoms with Gasteiger partial charge in [0.05, 0.1) is 28.4 Å². The Balaban J connectivity index is 1.92. The van der Waals surface area contributed by atoms with Gasteiger partial charge in [0.2, 0.25) is 0 Å². The van der Waals surface area contributed by atoms with Gasteiger partial charge in [0.1, 0.15) is 11.3 Å². The summed E-state index contributed by atoms with van der Waals surface area (Å²) < 4.78 is 9.95. The molecule has 1 heterocycles. The number of amides is 1. The lowest BCUT2D eigenvalue weighted by Crippen LogP contribution is -2.25. The maximum atomic E-state index is 12.1. The van der Waals surface area contributed by atoms with Gasteiger partial charge < -0.3 is 9.47 Å². The molecule has 8 heteroatoms. The smallest absolute Gasteiger partial charge is 0.434 e. The normalized spacial score (nSPS) is 12.0. The molecule has 0 aliphatic carbocycles. The fraction of sp³-hybridized carbons (Fsp3) is 0.250. The molecule has 32 heavy (non-hydrogen) atoms. The van der Waals surface area contributed by atoms with Crippen LogP contribution in [0.3, 0.4) is 0 Å².